The molecule has 1 aromatic carbocycles. The van der Waals surface area contributed by atoms with E-state index in [2.05, 4.69) is 12.2 Å². The van der Waals surface area contributed by atoms with Crippen molar-refractivity contribution in [2.75, 3.05) is 6.54 Å². The molecule has 1 amide bonds. The van der Waals surface area contributed by atoms with Crippen LogP contribution in [0.4, 0.5) is 4.39 Å². The van der Waals surface area contributed by atoms with Crippen molar-refractivity contribution < 1.29 is 9.18 Å². The summed E-state index contributed by atoms with van der Waals surface area (Å²) in [5.74, 6) is -0.0204. The zero-order valence-electron chi connectivity index (χ0n) is 11.7. The van der Waals surface area contributed by atoms with E-state index in [-0.39, 0.29) is 17.6 Å². The summed E-state index contributed by atoms with van der Waals surface area (Å²) in [6.45, 7) is 4.98. The molecule has 0 spiro atoms. The quantitative estimate of drug-likeness (QED) is 0.834. The number of amides is 1. The van der Waals surface area contributed by atoms with Crippen molar-refractivity contribution in [3.05, 3.63) is 35.6 Å². The van der Waals surface area contributed by atoms with Crippen LogP contribution in [0.15, 0.2) is 24.3 Å². The average molecular weight is 263 g/mol. The lowest BCUT2D eigenvalue weighted by molar-refractivity contribution is -0.121. The lowest BCUT2D eigenvalue weighted by Crippen LogP contribution is -2.30. The minimum Gasteiger partial charge on any atom is -0.356 e. The van der Waals surface area contributed by atoms with Gasteiger partial charge in [0, 0.05) is 13.0 Å². The van der Waals surface area contributed by atoms with E-state index in [1.54, 1.807) is 12.1 Å². The molecule has 1 atom stereocenters. The molecular weight excluding hydrogens is 241 g/mol. The molecule has 1 aliphatic carbocycles. The summed E-state index contributed by atoms with van der Waals surface area (Å²) in [7, 11) is 0. The number of hydrogen-bond donors (Lipinski definition) is 1. The van der Waals surface area contributed by atoms with Crippen LogP contribution in [0.25, 0.3) is 0 Å². The van der Waals surface area contributed by atoms with Gasteiger partial charge in [0.2, 0.25) is 5.91 Å². The molecule has 1 aliphatic rings. The number of nitrogens with one attached hydrogen (secondary N) is 1. The van der Waals surface area contributed by atoms with Crippen molar-refractivity contribution in [3.8, 4) is 0 Å². The lowest BCUT2D eigenvalue weighted by atomic mass is 9.97. The molecule has 0 heterocycles. The van der Waals surface area contributed by atoms with Crippen LogP contribution < -0.4 is 5.32 Å². The first-order valence-electron chi connectivity index (χ1n) is 7.07. The zero-order chi connectivity index (χ0) is 13.9. The highest BCUT2D eigenvalue weighted by molar-refractivity contribution is 5.76. The third-order valence-electron chi connectivity index (χ3n) is 4.30. The largest absolute Gasteiger partial charge is 0.356 e. The smallest absolute Gasteiger partial charge is 0.220 e. The highest BCUT2D eigenvalue weighted by Gasteiger charge is 2.40. The molecule has 0 radical (unpaired) electrons. The van der Waals surface area contributed by atoms with Crippen molar-refractivity contribution in [3.63, 3.8) is 0 Å². The molecule has 0 saturated heterocycles. The van der Waals surface area contributed by atoms with Gasteiger partial charge >= 0.3 is 0 Å². The topological polar surface area (TPSA) is 29.1 Å². The standard InChI is InChI=1S/C16H22FNO/c1-3-16(8-9-16)11-18-15(19)10-12(2)13-4-6-14(17)7-5-13/h4-7,12H,3,8-11H2,1-2H3,(H,18,19)/t12-/m0/s1. The molecule has 0 unspecified atom stereocenters. The fourth-order valence-electron chi connectivity index (χ4n) is 2.38. The van der Waals surface area contributed by atoms with Crippen molar-refractivity contribution in [1.29, 1.82) is 0 Å². The highest BCUT2D eigenvalue weighted by atomic mass is 19.1. The summed E-state index contributed by atoms with van der Waals surface area (Å²) in [5.41, 5.74) is 1.39. The molecule has 1 N–H and O–H groups in total. The van der Waals surface area contributed by atoms with Gasteiger partial charge < -0.3 is 5.32 Å². The summed E-state index contributed by atoms with van der Waals surface area (Å²) >= 11 is 0. The van der Waals surface area contributed by atoms with Crippen molar-refractivity contribution in [1.82, 2.24) is 5.32 Å². The van der Waals surface area contributed by atoms with E-state index in [1.165, 1.54) is 25.0 Å². The number of benzene rings is 1. The van der Waals surface area contributed by atoms with Gasteiger partial charge in [0.05, 0.1) is 0 Å². The Bertz CT molecular complexity index is 437. The highest BCUT2D eigenvalue weighted by Crippen LogP contribution is 2.47. The molecule has 3 heteroatoms. The van der Waals surface area contributed by atoms with Gasteiger partial charge in [0.1, 0.15) is 5.82 Å². The van der Waals surface area contributed by atoms with E-state index in [0.717, 1.165) is 18.5 Å². The summed E-state index contributed by atoms with van der Waals surface area (Å²) in [6.07, 6.45) is 4.07. The van der Waals surface area contributed by atoms with E-state index in [4.69, 9.17) is 0 Å². The van der Waals surface area contributed by atoms with Gasteiger partial charge in [0.25, 0.3) is 0 Å². The second-order valence-corrected chi connectivity index (χ2v) is 5.79. The van der Waals surface area contributed by atoms with E-state index in [9.17, 15) is 9.18 Å². The van der Waals surface area contributed by atoms with Gasteiger partial charge in [-0.05, 0) is 48.3 Å². The maximum absolute atomic E-state index is 12.8. The van der Waals surface area contributed by atoms with Gasteiger partial charge in [-0.3, -0.25) is 4.79 Å². The van der Waals surface area contributed by atoms with E-state index in [1.807, 2.05) is 6.92 Å². The van der Waals surface area contributed by atoms with Crippen LogP contribution in [0.2, 0.25) is 0 Å². The zero-order valence-corrected chi connectivity index (χ0v) is 11.7. The van der Waals surface area contributed by atoms with Crippen LogP contribution in [0, 0.1) is 11.2 Å². The molecular formula is C16H22FNO. The van der Waals surface area contributed by atoms with Crippen LogP contribution in [0.1, 0.15) is 51.0 Å². The van der Waals surface area contributed by atoms with Crippen molar-refractivity contribution in [2.24, 2.45) is 5.41 Å². The van der Waals surface area contributed by atoms with Crippen LogP contribution >= 0.6 is 0 Å². The second kappa shape index (κ2) is 5.72. The maximum Gasteiger partial charge on any atom is 0.220 e. The summed E-state index contributed by atoms with van der Waals surface area (Å²) < 4.78 is 12.8. The van der Waals surface area contributed by atoms with Crippen LogP contribution in [-0.2, 0) is 4.79 Å². The number of carbonyl (C=O) groups excluding carboxylic acids is 1. The Balaban J connectivity index is 1.80. The third-order valence-corrected chi connectivity index (χ3v) is 4.30. The van der Waals surface area contributed by atoms with Crippen LogP contribution in [0.5, 0.6) is 0 Å². The van der Waals surface area contributed by atoms with E-state index >= 15 is 0 Å². The van der Waals surface area contributed by atoms with Gasteiger partial charge in [-0.15, -0.1) is 0 Å². The van der Waals surface area contributed by atoms with Gasteiger partial charge in [-0.25, -0.2) is 4.39 Å². The molecule has 0 aliphatic heterocycles. The molecule has 2 nitrogen and oxygen atoms in total. The Labute approximate surface area is 114 Å². The molecule has 1 saturated carbocycles. The third kappa shape index (κ3) is 3.79. The lowest BCUT2D eigenvalue weighted by Gasteiger charge is -2.16. The number of halogens is 1. The SMILES string of the molecule is CCC1(CNC(=O)C[C@H](C)c2ccc(F)cc2)CC1. The van der Waals surface area contributed by atoms with Crippen molar-refractivity contribution in [2.45, 2.75) is 45.4 Å². The first-order chi connectivity index (χ1) is 9.04. The number of carbonyl (C=O) groups is 1. The fourth-order valence-corrected chi connectivity index (χ4v) is 2.38. The molecule has 0 aromatic heterocycles. The predicted molar refractivity (Wildman–Crippen MR) is 74.4 cm³/mol. The minimum atomic E-state index is -0.237. The molecule has 2 rings (SSSR count). The van der Waals surface area contributed by atoms with Gasteiger partial charge in [0.15, 0.2) is 0 Å². The van der Waals surface area contributed by atoms with Gasteiger partial charge in [-0.1, -0.05) is 26.0 Å². The molecule has 19 heavy (non-hydrogen) atoms. The molecule has 104 valence electrons. The summed E-state index contributed by atoms with van der Waals surface area (Å²) in [4.78, 5) is 11.9. The Morgan fingerprint density at radius 3 is 2.53 bits per heavy atom. The molecule has 1 fully saturated rings. The molecule has 0 bridgehead atoms. The Morgan fingerprint density at radius 2 is 2.00 bits per heavy atom. The predicted octanol–water partition coefficient (Wildman–Crippen LogP) is 3.63. The summed E-state index contributed by atoms with van der Waals surface area (Å²) in [6, 6.07) is 6.39. The first-order valence-corrected chi connectivity index (χ1v) is 7.07. The first kappa shape index (κ1) is 14.0. The second-order valence-electron chi connectivity index (χ2n) is 5.79. The van der Waals surface area contributed by atoms with Crippen molar-refractivity contribution >= 4 is 5.91 Å². The van der Waals surface area contributed by atoms with Gasteiger partial charge in [-0.2, -0.15) is 0 Å². The van der Waals surface area contributed by atoms with Crippen LogP contribution in [0.3, 0.4) is 0 Å². The number of rotatable bonds is 6. The Hall–Kier alpha value is -1.38. The summed E-state index contributed by atoms with van der Waals surface area (Å²) in [5, 5.41) is 3.04. The Morgan fingerprint density at radius 1 is 1.37 bits per heavy atom. The average Bonchev–Trinajstić information content (AvgIpc) is 3.18. The monoisotopic (exact) mass is 263 g/mol. The normalized spacial score (nSPS) is 17.8. The van der Waals surface area contributed by atoms with E-state index < -0.39 is 0 Å². The fraction of sp³-hybridized carbons (Fsp3) is 0.562. The minimum absolute atomic E-state index is 0.0940. The van der Waals surface area contributed by atoms with Crippen LogP contribution in [-0.4, -0.2) is 12.5 Å². The maximum atomic E-state index is 12.8. The number of hydrogen-bond acceptors (Lipinski definition) is 1. The molecule has 1 aromatic rings. The Kier molecular flexibility index (Phi) is 4.23. The van der Waals surface area contributed by atoms with E-state index in [0.29, 0.717) is 11.8 Å².